The Morgan fingerprint density at radius 1 is 1.45 bits per heavy atom. The van der Waals surface area contributed by atoms with Crippen molar-refractivity contribution in [2.75, 3.05) is 19.7 Å². The van der Waals surface area contributed by atoms with E-state index in [4.69, 9.17) is 4.74 Å². The Hall–Kier alpha value is -1.56. The number of aromatic nitrogens is 2. The molecule has 0 saturated carbocycles. The third-order valence-corrected chi connectivity index (χ3v) is 3.70. The monoisotopic (exact) mass is 280 g/mol. The van der Waals surface area contributed by atoms with Crippen LogP contribution >= 0.6 is 0 Å². The first kappa shape index (κ1) is 14.8. The van der Waals surface area contributed by atoms with Crippen LogP contribution in [-0.4, -0.2) is 46.5 Å². The predicted molar refractivity (Wildman–Crippen MR) is 76.4 cm³/mol. The number of nitrogens with zero attached hydrogens (tertiary/aromatic N) is 3. The quantitative estimate of drug-likeness (QED) is 0.890. The van der Waals surface area contributed by atoms with Crippen molar-refractivity contribution in [3.05, 3.63) is 18.0 Å². The highest BCUT2D eigenvalue weighted by Gasteiger charge is 2.23. The number of carbonyl (C=O) groups excluding carboxylic acids is 1. The molecule has 0 aromatic carbocycles. The maximum atomic E-state index is 11.6. The number of amides is 1. The molecule has 1 aliphatic heterocycles. The Kier molecular flexibility index (Phi) is 5.40. The lowest BCUT2D eigenvalue weighted by Crippen LogP contribution is -2.45. The van der Waals surface area contributed by atoms with Crippen LogP contribution in [0.25, 0.3) is 0 Å². The van der Waals surface area contributed by atoms with E-state index in [1.165, 1.54) is 5.69 Å². The first-order valence-corrected chi connectivity index (χ1v) is 7.40. The lowest BCUT2D eigenvalue weighted by Gasteiger charge is -2.31. The summed E-state index contributed by atoms with van der Waals surface area (Å²) in [6.45, 7) is 7.63. The average Bonchev–Trinajstić information content (AvgIpc) is 2.93. The second-order valence-corrected chi connectivity index (χ2v) is 4.98. The van der Waals surface area contributed by atoms with Gasteiger partial charge in [0.15, 0.2) is 0 Å². The van der Waals surface area contributed by atoms with Crippen LogP contribution in [0.5, 0.6) is 0 Å². The van der Waals surface area contributed by atoms with Crippen LogP contribution in [0.1, 0.15) is 32.4 Å². The molecule has 0 radical (unpaired) electrons. The van der Waals surface area contributed by atoms with Gasteiger partial charge in [-0.1, -0.05) is 0 Å². The normalized spacial score (nSPS) is 16.4. The SMILES string of the molecule is CCOC(=O)N1CCC(NCc2ccnn2CC)CC1. The van der Waals surface area contributed by atoms with Gasteiger partial charge in [-0.2, -0.15) is 5.10 Å². The topological polar surface area (TPSA) is 59.4 Å². The van der Waals surface area contributed by atoms with Gasteiger partial charge in [0.1, 0.15) is 0 Å². The number of aryl methyl sites for hydroxylation is 1. The lowest BCUT2D eigenvalue weighted by atomic mass is 10.1. The fourth-order valence-electron chi connectivity index (χ4n) is 2.52. The Morgan fingerprint density at radius 3 is 2.85 bits per heavy atom. The van der Waals surface area contributed by atoms with Crippen molar-refractivity contribution in [1.29, 1.82) is 0 Å². The second-order valence-electron chi connectivity index (χ2n) is 4.98. The van der Waals surface area contributed by atoms with Crippen LogP contribution in [0.4, 0.5) is 4.79 Å². The van der Waals surface area contributed by atoms with Gasteiger partial charge in [-0.15, -0.1) is 0 Å². The number of rotatable bonds is 5. The van der Waals surface area contributed by atoms with Gasteiger partial charge < -0.3 is 15.0 Å². The lowest BCUT2D eigenvalue weighted by molar-refractivity contribution is 0.0949. The minimum absolute atomic E-state index is 0.185. The first-order chi connectivity index (χ1) is 9.74. The zero-order valence-corrected chi connectivity index (χ0v) is 12.3. The molecule has 1 aromatic heterocycles. The summed E-state index contributed by atoms with van der Waals surface area (Å²) >= 11 is 0. The molecule has 1 aliphatic rings. The fraction of sp³-hybridized carbons (Fsp3) is 0.714. The molecule has 1 aromatic rings. The van der Waals surface area contributed by atoms with E-state index in [0.717, 1.165) is 39.0 Å². The van der Waals surface area contributed by atoms with Crippen molar-refractivity contribution in [3.8, 4) is 0 Å². The second kappa shape index (κ2) is 7.28. The number of hydrogen-bond acceptors (Lipinski definition) is 4. The van der Waals surface area contributed by atoms with Gasteiger partial charge in [0, 0.05) is 38.4 Å². The number of piperidine rings is 1. The van der Waals surface area contributed by atoms with Crippen LogP contribution in [0.2, 0.25) is 0 Å². The molecule has 2 rings (SSSR count). The summed E-state index contributed by atoms with van der Waals surface area (Å²) in [6.07, 6.45) is 3.59. The molecule has 1 saturated heterocycles. The van der Waals surface area contributed by atoms with Gasteiger partial charge >= 0.3 is 6.09 Å². The van der Waals surface area contributed by atoms with Crippen molar-refractivity contribution in [2.45, 2.75) is 45.8 Å². The summed E-state index contributed by atoms with van der Waals surface area (Å²) < 4.78 is 7.02. The number of carbonyl (C=O) groups is 1. The van der Waals surface area contributed by atoms with E-state index in [0.29, 0.717) is 12.6 Å². The Balaban J connectivity index is 1.73. The molecule has 1 fully saturated rings. The minimum Gasteiger partial charge on any atom is -0.450 e. The highest BCUT2D eigenvalue weighted by molar-refractivity contribution is 5.67. The first-order valence-electron chi connectivity index (χ1n) is 7.40. The van der Waals surface area contributed by atoms with Crippen LogP contribution < -0.4 is 5.32 Å². The van der Waals surface area contributed by atoms with Crippen molar-refractivity contribution in [1.82, 2.24) is 20.0 Å². The summed E-state index contributed by atoms with van der Waals surface area (Å²) in [7, 11) is 0. The number of nitrogens with one attached hydrogen (secondary N) is 1. The molecular weight excluding hydrogens is 256 g/mol. The van der Waals surface area contributed by atoms with Gasteiger partial charge in [0.2, 0.25) is 0 Å². The maximum Gasteiger partial charge on any atom is 0.409 e. The smallest absolute Gasteiger partial charge is 0.409 e. The number of likely N-dealkylation sites (tertiary alicyclic amines) is 1. The van der Waals surface area contributed by atoms with Crippen LogP contribution in [0.3, 0.4) is 0 Å². The van der Waals surface area contributed by atoms with E-state index in [1.54, 1.807) is 4.90 Å². The van der Waals surface area contributed by atoms with Crippen LogP contribution in [-0.2, 0) is 17.8 Å². The van der Waals surface area contributed by atoms with Crippen molar-refractivity contribution >= 4 is 6.09 Å². The van der Waals surface area contributed by atoms with Crippen LogP contribution in [0, 0.1) is 0 Å². The third-order valence-electron chi connectivity index (χ3n) is 3.70. The van der Waals surface area contributed by atoms with Gasteiger partial charge in [-0.25, -0.2) is 4.79 Å². The van der Waals surface area contributed by atoms with Gasteiger partial charge in [0.05, 0.1) is 12.3 Å². The zero-order chi connectivity index (χ0) is 14.4. The molecule has 112 valence electrons. The largest absolute Gasteiger partial charge is 0.450 e. The standard InChI is InChI=1S/C14H24N4O2/c1-3-18-13(5-8-16-18)11-15-12-6-9-17(10-7-12)14(19)20-4-2/h5,8,12,15H,3-4,6-7,9-11H2,1-2H3. The Bertz CT molecular complexity index is 425. The molecule has 0 atom stereocenters. The van der Waals surface area contributed by atoms with E-state index < -0.39 is 0 Å². The van der Waals surface area contributed by atoms with E-state index >= 15 is 0 Å². The maximum absolute atomic E-state index is 11.6. The molecule has 2 heterocycles. The van der Waals surface area contributed by atoms with Gasteiger partial charge in [-0.3, -0.25) is 4.68 Å². The number of hydrogen-bond donors (Lipinski definition) is 1. The highest BCUT2D eigenvalue weighted by atomic mass is 16.6. The van der Waals surface area contributed by atoms with E-state index in [2.05, 4.69) is 17.3 Å². The molecule has 6 nitrogen and oxygen atoms in total. The van der Waals surface area contributed by atoms with E-state index in [1.807, 2.05) is 23.9 Å². The summed E-state index contributed by atoms with van der Waals surface area (Å²) in [5.74, 6) is 0. The zero-order valence-electron chi connectivity index (χ0n) is 12.3. The minimum atomic E-state index is -0.185. The fourth-order valence-corrected chi connectivity index (χ4v) is 2.52. The van der Waals surface area contributed by atoms with Gasteiger partial charge in [0.25, 0.3) is 0 Å². The summed E-state index contributed by atoms with van der Waals surface area (Å²) in [5, 5.41) is 7.81. The van der Waals surface area contributed by atoms with Gasteiger partial charge in [-0.05, 0) is 32.8 Å². The van der Waals surface area contributed by atoms with E-state index in [-0.39, 0.29) is 6.09 Å². The molecule has 6 heteroatoms. The summed E-state index contributed by atoms with van der Waals surface area (Å²) in [5.41, 5.74) is 1.21. The number of ether oxygens (including phenoxy) is 1. The average molecular weight is 280 g/mol. The predicted octanol–water partition coefficient (Wildman–Crippen LogP) is 1.61. The molecule has 0 unspecified atom stereocenters. The molecule has 0 bridgehead atoms. The Morgan fingerprint density at radius 2 is 2.20 bits per heavy atom. The highest BCUT2D eigenvalue weighted by Crippen LogP contribution is 2.12. The molecule has 0 aliphatic carbocycles. The molecule has 1 amide bonds. The molecular formula is C14H24N4O2. The summed E-state index contributed by atoms with van der Waals surface area (Å²) in [4.78, 5) is 13.4. The van der Waals surface area contributed by atoms with Crippen molar-refractivity contribution < 1.29 is 9.53 Å². The van der Waals surface area contributed by atoms with Crippen molar-refractivity contribution in [3.63, 3.8) is 0 Å². The van der Waals surface area contributed by atoms with Crippen LogP contribution in [0.15, 0.2) is 12.3 Å². The Labute approximate surface area is 120 Å². The van der Waals surface area contributed by atoms with Crippen molar-refractivity contribution in [2.24, 2.45) is 0 Å². The molecule has 0 spiro atoms. The molecule has 20 heavy (non-hydrogen) atoms. The third kappa shape index (κ3) is 3.72. The summed E-state index contributed by atoms with van der Waals surface area (Å²) in [6, 6.07) is 2.51. The molecule has 1 N–H and O–H groups in total. The van der Waals surface area contributed by atoms with E-state index in [9.17, 15) is 4.79 Å².